The maximum atomic E-state index is 11.5. The molecular weight excluding hydrogens is 202 g/mol. The highest BCUT2D eigenvalue weighted by Crippen LogP contribution is 2.28. The number of rotatable bonds is 2. The lowest BCUT2D eigenvalue weighted by atomic mass is 10.0. The molecule has 2 rings (SSSR count). The number of thioether (sulfide) groups is 1. The molecular formula is C9H11NOS2. The Labute approximate surface area is 85.8 Å². The van der Waals surface area contributed by atoms with Crippen LogP contribution < -0.4 is 0 Å². The molecule has 0 spiro atoms. The van der Waals surface area contributed by atoms with Crippen LogP contribution in [0.15, 0.2) is 0 Å². The minimum atomic E-state index is 0.297. The molecule has 70 valence electrons. The fourth-order valence-electron chi connectivity index (χ4n) is 1.50. The molecule has 0 atom stereocenters. The number of fused-ring (bicyclic) bond motifs is 1. The number of carbonyl (C=O) groups is 1. The van der Waals surface area contributed by atoms with E-state index in [1.165, 1.54) is 0 Å². The summed E-state index contributed by atoms with van der Waals surface area (Å²) in [5.74, 6) is 1.23. The van der Waals surface area contributed by atoms with Crippen LogP contribution in [-0.2, 0) is 12.2 Å². The number of hydrogen-bond acceptors (Lipinski definition) is 4. The molecule has 13 heavy (non-hydrogen) atoms. The van der Waals surface area contributed by atoms with Gasteiger partial charge in [-0.05, 0) is 19.1 Å². The monoisotopic (exact) mass is 213 g/mol. The van der Waals surface area contributed by atoms with E-state index in [-0.39, 0.29) is 0 Å². The number of carbonyl (C=O) groups excluding carboxylic acids is 1. The van der Waals surface area contributed by atoms with Crippen molar-refractivity contribution in [2.45, 2.75) is 25.0 Å². The van der Waals surface area contributed by atoms with Crippen molar-refractivity contribution in [1.82, 2.24) is 4.98 Å². The molecule has 1 aliphatic rings. The Morgan fingerprint density at radius 3 is 3.08 bits per heavy atom. The van der Waals surface area contributed by atoms with Gasteiger partial charge in [-0.15, -0.1) is 11.3 Å². The normalized spacial score (nSPS) is 15.9. The number of aryl methyl sites for hydroxylation is 1. The Morgan fingerprint density at radius 1 is 1.54 bits per heavy atom. The van der Waals surface area contributed by atoms with Gasteiger partial charge in [-0.3, -0.25) is 4.79 Å². The molecule has 0 aliphatic heterocycles. The van der Waals surface area contributed by atoms with Crippen LogP contribution in [0, 0.1) is 0 Å². The molecule has 0 radical (unpaired) electrons. The second kappa shape index (κ2) is 3.80. The van der Waals surface area contributed by atoms with Gasteiger partial charge in [-0.2, -0.15) is 11.8 Å². The molecule has 4 heteroatoms. The minimum Gasteiger partial charge on any atom is -0.293 e. The zero-order chi connectivity index (χ0) is 9.26. The van der Waals surface area contributed by atoms with Crippen LogP contribution in [-0.4, -0.2) is 17.0 Å². The molecule has 0 amide bonds. The number of nitrogens with zero attached hydrogens (tertiary/aromatic N) is 1. The predicted octanol–water partition coefficient (Wildman–Crippen LogP) is 2.53. The van der Waals surface area contributed by atoms with Crippen molar-refractivity contribution < 1.29 is 4.79 Å². The van der Waals surface area contributed by atoms with Crippen molar-refractivity contribution in [2.75, 3.05) is 6.26 Å². The fraction of sp³-hybridized carbons (Fsp3) is 0.556. The average molecular weight is 213 g/mol. The Hall–Kier alpha value is -0.350. The van der Waals surface area contributed by atoms with E-state index >= 15 is 0 Å². The maximum absolute atomic E-state index is 11.5. The van der Waals surface area contributed by atoms with Gasteiger partial charge in [0.15, 0.2) is 5.78 Å². The van der Waals surface area contributed by atoms with Crippen molar-refractivity contribution >= 4 is 28.9 Å². The molecule has 0 saturated heterocycles. The Kier molecular flexibility index (Phi) is 2.69. The molecule has 0 saturated carbocycles. The summed E-state index contributed by atoms with van der Waals surface area (Å²) < 4.78 is 0. The van der Waals surface area contributed by atoms with E-state index in [0.29, 0.717) is 12.2 Å². The average Bonchev–Trinajstić information content (AvgIpc) is 2.49. The predicted molar refractivity (Wildman–Crippen MR) is 56.6 cm³/mol. The summed E-state index contributed by atoms with van der Waals surface area (Å²) in [5.41, 5.74) is 1.05. The Balaban J connectivity index is 2.31. The number of thiazole rings is 1. The van der Waals surface area contributed by atoms with Crippen molar-refractivity contribution in [3.63, 3.8) is 0 Å². The largest absolute Gasteiger partial charge is 0.293 e. The molecule has 1 heterocycles. The summed E-state index contributed by atoms with van der Waals surface area (Å²) in [6, 6.07) is 0. The summed E-state index contributed by atoms with van der Waals surface area (Å²) in [6.07, 6.45) is 4.75. The highest BCUT2D eigenvalue weighted by Gasteiger charge is 2.21. The van der Waals surface area contributed by atoms with Gasteiger partial charge in [0.25, 0.3) is 0 Å². The first-order valence-corrected chi connectivity index (χ1v) is 6.53. The van der Waals surface area contributed by atoms with Crippen LogP contribution in [0.4, 0.5) is 0 Å². The maximum Gasteiger partial charge on any atom is 0.174 e. The van der Waals surface area contributed by atoms with Crippen LogP contribution in [0.2, 0.25) is 0 Å². The molecule has 1 aromatic heterocycles. The van der Waals surface area contributed by atoms with Gasteiger partial charge in [-0.1, -0.05) is 0 Å². The topological polar surface area (TPSA) is 30.0 Å². The first-order valence-electron chi connectivity index (χ1n) is 4.32. The Morgan fingerprint density at radius 2 is 2.38 bits per heavy atom. The number of ketones is 1. The molecule has 0 fully saturated rings. The second-order valence-corrected chi connectivity index (χ2v) is 5.04. The Bertz CT molecular complexity index is 332. The molecule has 1 aliphatic carbocycles. The first-order chi connectivity index (χ1) is 6.31. The molecule has 0 bridgehead atoms. The van der Waals surface area contributed by atoms with E-state index < -0.39 is 0 Å². The quantitative estimate of drug-likeness (QED) is 0.756. The SMILES string of the molecule is CSCc1nc2c(s1)C(=O)CCC2. The van der Waals surface area contributed by atoms with E-state index in [2.05, 4.69) is 11.2 Å². The smallest absolute Gasteiger partial charge is 0.174 e. The van der Waals surface area contributed by atoms with Crippen LogP contribution in [0.1, 0.15) is 33.2 Å². The fourth-order valence-corrected chi connectivity index (χ4v) is 3.28. The molecule has 0 unspecified atom stereocenters. The summed E-state index contributed by atoms with van der Waals surface area (Å²) in [6.45, 7) is 0. The second-order valence-electron chi connectivity index (χ2n) is 3.09. The lowest BCUT2D eigenvalue weighted by Crippen LogP contribution is -2.07. The third-order valence-electron chi connectivity index (χ3n) is 2.08. The number of aromatic nitrogens is 1. The van der Waals surface area contributed by atoms with Gasteiger partial charge in [0.1, 0.15) is 5.01 Å². The van der Waals surface area contributed by atoms with E-state index in [0.717, 1.165) is 34.2 Å². The van der Waals surface area contributed by atoms with Crippen molar-refractivity contribution in [1.29, 1.82) is 0 Å². The summed E-state index contributed by atoms with van der Waals surface area (Å²) in [4.78, 5) is 16.9. The summed E-state index contributed by atoms with van der Waals surface area (Å²) >= 11 is 3.34. The van der Waals surface area contributed by atoms with E-state index in [4.69, 9.17) is 0 Å². The number of hydrogen-bond donors (Lipinski definition) is 0. The van der Waals surface area contributed by atoms with Crippen molar-refractivity contribution in [3.05, 3.63) is 15.6 Å². The standard InChI is InChI=1S/C9H11NOS2/c1-12-5-8-10-6-3-2-4-7(11)9(6)13-8/h2-5H2,1H3. The lowest BCUT2D eigenvalue weighted by Gasteiger charge is -2.06. The van der Waals surface area contributed by atoms with Gasteiger partial charge in [0.2, 0.25) is 0 Å². The summed E-state index contributed by atoms with van der Waals surface area (Å²) in [7, 11) is 0. The summed E-state index contributed by atoms with van der Waals surface area (Å²) in [5, 5.41) is 1.10. The van der Waals surface area contributed by atoms with Gasteiger partial charge < -0.3 is 0 Å². The molecule has 2 nitrogen and oxygen atoms in total. The molecule has 1 aromatic rings. The zero-order valence-corrected chi connectivity index (χ0v) is 9.13. The van der Waals surface area contributed by atoms with Crippen LogP contribution in [0.25, 0.3) is 0 Å². The van der Waals surface area contributed by atoms with Crippen LogP contribution in [0.3, 0.4) is 0 Å². The van der Waals surface area contributed by atoms with E-state index in [1.54, 1.807) is 23.1 Å². The van der Waals surface area contributed by atoms with Crippen molar-refractivity contribution in [2.24, 2.45) is 0 Å². The van der Waals surface area contributed by atoms with Crippen molar-refractivity contribution in [3.8, 4) is 0 Å². The van der Waals surface area contributed by atoms with Gasteiger partial charge in [0.05, 0.1) is 10.6 Å². The van der Waals surface area contributed by atoms with Crippen LogP contribution in [0.5, 0.6) is 0 Å². The van der Waals surface area contributed by atoms with Gasteiger partial charge >= 0.3 is 0 Å². The third kappa shape index (κ3) is 1.79. The lowest BCUT2D eigenvalue weighted by molar-refractivity contribution is 0.0976. The van der Waals surface area contributed by atoms with E-state index in [9.17, 15) is 4.79 Å². The van der Waals surface area contributed by atoms with Gasteiger partial charge in [-0.25, -0.2) is 4.98 Å². The minimum absolute atomic E-state index is 0.297. The first kappa shape index (κ1) is 9.21. The molecule has 0 N–H and O–H groups in total. The molecule has 0 aromatic carbocycles. The van der Waals surface area contributed by atoms with E-state index in [1.807, 2.05) is 0 Å². The zero-order valence-electron chi connectivity index (χ0n) is 7.50. The van der Waals surface area contributed by atoms with Crippen LogP contribution >= 0.6 is 23.1 Å². The third-order valence-corrected chi connectivity index (χ3v) is 3.96. The van der Waals surface area contributed by atoms with Gasteiger partial charge in [0, 0.05) is 12.2 Å². The number of Topliss-reactive ketones (excluding diaryl/α,β-unsaturated/α-hetero) is 1. The highest BCUT2D eigenvalue weighted by molar-refractivity contribution is 7.97. The highest BCUT2D eigenvalue weighted by atomic mass is 32.2.